The minimum Gasteiger partial charge on any atom is -0.462 e. The van der Waals surface area contributed by atoms with Crippen molar-refractivity contribution in [3.05, 3.63) is 36.0 Å². The van der Waals surface area contributed by atoms with Crippen molar-refractivity contribution in [3.8, 4) is 0 Å². The van der Waals surface area contributed by atoms with E-state index >= 15 is 0 Å². The number of ether oxygens (including phenoxy) is 2. The van der Waals surface area contributed by atoms with Crippen molar-refractivity contribution < 1.29 is 39.5 Å². The summed E-state index contributed by atoms with van der Waals surface area (Å²) < 4.78 is 11.7. The van der Waals surface area contributed by atoms with E-state index in [1.807, 2.05) is 332 Å². The normalized spacial score (nSPS) is 24.9. The van der Waals surface area contributed by atoms with Crippen molar-refractivity contribution in [1.29, 1.82) is 0 Å². The molecule has 5 rings (SSSR count). The molecule has 95 heavy (non-hydrogen) atoms. The molecule has 600 valence electrons. The van der Waals surface area contributed by atoms with Gasteiger partial charge in [0.15, 0.2) is 0 Å². The summed E-state index contributed by atoms with van der Waals surface area (Å²) in [5, 5.41) is 46.4. The molecule has 0 aromatic rings. The molecule has 5 aliphatic carbocycles. The monoisotopic (exact) mass is 1380 g/mol. The zero-order valence-electron chi connectivity index (χ0n) is 77.9. The smallest absolute Gasteiger partial charge is 0.330 e. The fourth-order valence-electron chi connectivity index (χ4n) is 11.8. The molecule has 3 unspecified atom stereocenters. The summed E-state index contributed by atoms with van der Waals surface area (Å²) >= 11 is 0. The first-order valence-corrected chi connectivity index (χ1v) is 41.8. The second-order valence-electron chi connectivity index (χ2n) is 17.7. The second kappa shape index (κ2) is 116. The van der Waals surface area contributed by atoms with Gasteiger partial charge in [-0.15, -0.1) is 0 Å². The van der Waals surface area contributed by atoms with Crippen LogP contribution in [-0.2, 0) is 19.1 Å². The van der Waals surface area contributed by atoms with Crippen molar-refractivity contribution >= 4 is 11.9 Å². The van der Waals surface area contributed by atoms with Crippen LogP contribution in [-0.4, -0.2) is 70.0 Å². The number of allylic oxidation sites excluding steroid dienone is 4. The van der Waals surface area contributed by atoms with E-state index in [-0.39, 0.29) is 41.2 Å². The molecule has 5 aliphatic rings. The van der Waals surface area contributed by atoms with Crippen molar-refractivity contribution in [2.24, 2.45) is 50.2 Å². The summed E-state index contributed by atoms with van der Waals surface area (Å²) in [6, 6.07) is 0. The molecule has 4 saturated carbocycles. The standard InChI is InChI=1S/C38H58O8.C3H8.23C2H6/c1-9-11-29(42)45-22-35(6)25-15-18-36(7)26(34(25,5)17-16-27(35)40)14-13-23-24-19-33(3,4)31(44)32(46-30(43)12-10-2)38(24,21-39)28(41)20-37(23,36)8;1-3-2;23*1-2/h9-13,24-28,31-32,39-41,44H,14-22H2,1-8H3;3H2,1-2H3;23*1-2H3/b11-9+,12-10+;;;;;;;;;;;;;;;;;;;;;;;;/t24?,25?,26?,27-,28+,31-,32-,34-,35+,36+,37+,38-;;;;;;;;;;;;;;;;;;;;;;;;/m0......................../s1. The summed E-state index contributed by atoms with van der Waals surface area (Å²) in [5.74, 6) is -0.875. The quantitative estimate of drug-likeness (QED) is 0.117. The van der Waals surface area contributed by atoms with E-state index in [2.05, 4.69) is 47.6 Å². The first-order valence-electron chi connectivity index (χ1n) is 41.8. The Labute approximate surface area is 611 Å². The van der Waals surface area contributed by atoms with Gasteiger partial charge in [0.25, 0.3) is 0 Å². The van der Waals surface area contributed by atoms with Crippen molar-refractivity contribution in [1.82, 2.24) is 0 Å². The third kappa shape index (κ3) is 50.9. The van der Waals surface area contributed by atoms with Gasteiger partial charge in [0.05, 0.1) is 36.9 Å². The lowest BCUT2D eigenvalue weighted by Gasteiger charge is -2.72. The summed E-state index contributed by atoms with van der Waals surface area (Å²) in [5.41, 5.74) is -1.98. The Hall–Kier alpha value is -2.00. The van der Waals surface area contributed by atoms with Crippen LogP contribution in [0, 0.1) is 50.2 Å². The van der Waals surface area contributed by atoms with E-state index in [9.17, 15) is 30.0 Å². The summed E-state index contributed by atoms with van der Waals surface area (Å²) in [7, 11) is 0. The van der Waals surface area contributed by atoms with Gasteiger partial charge >= 0.3 is 11.9 Å². The zero-order valence-corrected chi connectivity index (χ0v) is 77.9. The van der Waals surface area contributed by atoms with Crippen LogP contribution in [0.15, 0.2) is 36.0 Å². The average molecular weight is 1380 g/mol. The van der Waals surface area contributed by atoms with Crippen molar-refractivity contribution in [2.75, 3.05) is 13.2 Å². The lowest BCUT2D eigenvalue weighted by atomic mass is 9.33. The summed E-state index contributed by atoms with van der Waals surface area (Å²) in [6.45, 7) is 113. The molecule has 0 spiro atoms. The van der Waals surface area contributed by atoms with Crippen LogP contribution in [0.2, 0.25) is 0 Å². The zero-order chi connectivity index (χ0) is 82.8. The highest BCUT2D eigenvalue weighted by molar-refractivity contribution is 5.82. The summed E-state index contributed by atoms with van der Waals surface area (Å²) in [4.78, 5) is 25.2. The van der Waals surface area contributed by atoms with Crippen molar-refractivity contribution in [3.63, 3.8) is 0 Å². The number of carbonyl (C=O) groups excluding carboxylic acids is 2. The Bertz CT molecular complexity index is 1330. The molecule has 0 amide bonds. The van der Waals surface area contributed by atoms with Crippen LogP contribution >= 0.6 is 0 Å². The van der Waals surface area contributed by atoms with Gasteiger partial charge in [-0.3, -0.25) is 0 Å². The highest BCUT2D eigenvalue weighted by atomic mass is 16.6. The Morgan fingerprint density at radius 3 is 1.08 bits per heavy atom. The van der Waals surface area contributed by atoms with Gasteiger partial charge in [0, 0.05) is 17.6 Å². The van der Waals surface area contributed by atoms with Gasteiger partial charge in [-0.05, 0) is 98.2 Å². The lowest BCUT2D eigenvalue weighted by molar-refractivity contribution is -0.263. The molecule has 4 fully saturated rings. The Balaban J connectivity index is -0.0000000537. The highest BCUT2D eigenvalue weighted by Gasteiger charge is 2.73. The van der Waals surface area contributed by atoms with Gasteiger partial charge in [-0.25, -0.2) is 9.59 Å². The van der Waals surface area contributed by atoms with E-state index < -0.39 is 58.7 Å². The van der Waals surface area contributed by atoms with Gasteiger partial charge in [-0.1, -0.05) is 404 Å². The minimum absolute atomic E-state index is 0.137. The predicted molar refractivity (Wildman–Crippen MR) is 452 cm³/mol. The van der Waals surface area contributed by atoms with Crippen LogP contribution in [0.3, 0.4) is 0 Å². The van der Waals surface area contributed by atoms with E-state index in [1.54, 1.807) is 26.0 Å². The Morgan fingerprint density at radius 2 is 0.779 bits per heavy atom. The van der Waals surface area contributed by atoms with E-state index in [1.165, 1.54) is 24.1 Å². The Kier molecular flexibility index (Phi) is 181. The van der Waals surface area contributed by atoms with Gasteiger partial charge in [0.2, 0.25) is 0 Å². The molecule has 4 N–H and O–H groups in total. The predicted octanol–water partition coefficient (Wildman–Crippen LogP) is 30.3. The maximum atomic E-state index is 12.8. The van der Waals surface area contributed by atoms with Gasteiger partial charge in [0.1, 0.15) is 6.10 Å². The van der Waals surface area contributed by atoms with Crippen LogP contribution < -0.4 is 0 Å². The first kappa shape index (κ1) is 148. The molecule has 0 aromatic heterocycles. The maximum absolute atomic E-state index is 12.8. The van der Waals surface area contributed by atoms with Crippen LogP contribution in [0.5, 0.6) is 0 Å². The largest absolute Gasteiger partial charge is 0.462 e. The number of hydrogen-bond donors (Lipinski definition) is 4. The lowest BCUT2D eigenvalue weighted by Crippen LogP contribution is -2.72. The van der Waals surface area contributed by atoms with E-state index in [0.29, 0.717) is 19.3 Å². The fraction of sp³-hybridized carbons (Fsp3) is 0.908. The molecule has 0 aliphatic heterocycles. The van der Waals surface area contributed by atoms with E-state index in [4.69, 9.17) is 9.47 Å². The SMILES string of the molecule is C/C=C/C(=O)OC[C@]1(C)C2CC[C@]3(C)C(CC=C4C5CC(C)(C)[C@@H](O)[C@H](OC(=O)/C=C/C)[C@]5(CO)[C@H](O)C[C@]43C)[C@@]2(C)CC[C@@H]1O.CC.CC.CC.CC.CC.CC.CC.CC.CC.CC.CC.CC.CC.CC.CC.CC.CC.CC.CC.CC.CC.CC.CC.CCC. The van der Waals surface area contributed by atoms with Crippen LogP contribution in [0.4, 0.5) is 0 Å². The molecule has 0 saturated heterocycles. The first-order chi connectivity index (χ1) is 45.8. The number of rotatable bonds is 6. The molecule has 0 bridgehead atoms. The minimum atomic E-state index is -1.23. The number of carbonyl (C=O) groups is 2. The van der Waals surface area contributed by atoms with Gasteiger partial charge < -0.3 is 29.9 Å². The molecule has 12 atom stereocenters. The third-order valence-corrected chi connectivity index (χ3v) is 14.5. The molecule has 0 radical (unpaired) electrons. The number of hydrogen-bond acceptors (Lipinski definition) is 8. The van der Waals surface area contributed by atoms with Gasteiger partial charge in [-0.2, -0.15) is 0 Å². The second-order valence-corrected chi connectivity index (χ2v) is 17.7. The molecule has 0 heterocycles. The maximum Gasteiger partial charge on any atom is 0.330 e. The molecule has 8 nitrogen and oxygen atoms in total. The summed E-state index contributed by atoms with van der Waals surface area (Å²) in [6.07, 6.45) is 10.9. The number of fused-ring (bicyclic) bond motifs is 7. The molecule has 8 heteroatoms. The number of aliphatic hydroxyl groups excluding tert-OH is 4. The molecular formula is C87H204O8. The average Bonchev–Trinajstić information content (AvgIpc) is 0.675. The molecule has 0 aromatic carbocycles. The van der Waals surface area contributed by atoms with Crippen LogP contribution in [0.1, 0.15) is 439 Å². The Morgan fingerprint density at radius 1 is 0.463 bits per heavy atom. The highest BCUT2D eigenvalue weighted by Crippen LogP contribution is 2.76. The van der Waals surface area contributed by atoms with E-state index in [0.717, 1.165) is 25.7 Å². The third-order valence-electron chi connectivity index (χ3n) is 14.5. The van der Waals surface area contributed by atoms with Crippen molar-refractivity contribution in [2.45, 2.75) is 464 Å². The number of aliphatic hydroxyl groups is 4. The topological polar surface area (TPSA) is 134 Å². The number of esters is 2. The fourth-order valence-corrected chi connectivity index (χ4v) is 11.8. The molecular weight excluding hydrogens is 1170 g/mol. The van der Waals surface area contributed by atoms with Crippen LogP contribution in [0.25, 0.3) is 0 Å².